The van der Waals surface area contributed by atoms with Crippen LogP contribution in [0.25, 0.3) is 0 Å². The fraction of sp³-hybridized carbons (Fsp3) is 0.533. The van der Waals surface area contributed by atoms with Crippen LogP contribution in [0.1, 0.15) is 20.8 Å². The molecule has 1 saturated heterocycles. The van der Waals surface area contributed by atoms with Crippen LogP contribution in [0.2, 0.25) is 0 Å². The number of hydrogen-bond acceptors (Lipinski definition) is 2. The lowest BCUT2D eigenvalue weighted by atomic mass is 10.1. The van der Waals surface area contributed by atoms with Crippen molar-refractivity contribution in [2.24, 2.45) is 0 Å². The maximum absolute atomic E-state index is 12.1. The standard InChI is InChI=1S/C15H22BrN3O/c1-15(2,3)17-14(20)19-9-7-18(8-10-19)13-6-4-5-12(16)11-13/h4-6,11H,7-10H2,1-3H3,(H,17,20). The summed E-state index contributed by atoms with van der Waals surface area (Å²) in [7, 11) is 0. The Morgan fingerprint density at radius 2 is 1.85 bits per heavy atom. The molecule has 0 bridgehead atoms. The molecule has 1 aliphatic heterocycles. The molecule has 20 heavy (non-hydrogen) atoms. The minimum absolute atomic E-state index is 0.0337. The van der Waals surface area contributed by atoms with E-state index in [2.05, 4.69) is 38.3 Å². The highest BCUT2D eigenvalue weighted by Crippen LogP contribution is 2.21. The van der Waals surface area contributed by atoms with E-state index < -0.39 is 0 Å². The summed E-state index contributed by atoms with van der Waals surface area (Å²) < 4.78 is 1.09. The topological polar surface area (TPSA) is 35.6 Å². The Balaban J connectivity index is 1.91. The first kappa shape index (κ1) is 15.2. The van der Waals surface area contributed by atoms with E-state index in [1.54, 1.807) is 0 Å². The van der Waals surface area contributed by atoms with Gasteiger partial charge in [0.25, 0.3) is 0 Å². The molecule has 0 aliphatic carbocycles. The number of hydrogen-bond donors (Lipinski definition) is 1. The van der Waals surface area contributed by atoms with Crippen LogP contribution in [-0.2, 0) is 0 Å². The van der Waals surface area contributed by atoms with E-state index >= 15 is 0 Å². The molecule has 1 heterocycles. The summed E-state index contributed by atoms with van der Waals surface area (Å²) >= 11 is 3.50. The quantitative estimate of drug-likeness (QED) is 0.853. The summed E-state index contributed by atoms with van der Waals surface area (Å²) in [4.78, 5) is 16.3. The molecule has 0 unspecified atom stereocenters. The summed E-state index contributed by atoms with van der Waals surface area (Å²) in [5.74, 6) is 0. The van der Waals surface area contributed by atoms with Crippen molar-refractivity contribution in [3.63, 3.8) is 0 Å². The average molecular weight is 340 g/mol. The first-order valence-corrected chi connectivity index (χ1v) is 7.72. The second kappa shape index (κ2) is 6.04. The van der Waals surface area contributed by atoms with Crippen molar-refractivity contribution in [3.05, 3.63) is 28.7 Å². The van der Waals surface area contributed by atoms with Crippen molar-refractivity contribution in [3.8, 4) is 0 Å². The lowest BCUT2D eigenvalue weighted by Gasteiger charge is -2.37. The molecule has 5 heteroatoms. The Hall–Kier alpha value is -1.23. The normalized spacial score (nSPS) is 16.2. The number of nitrogens with zero attached hydrogens (tertiary/aromatic N) is 2. The largest absolute Gasteiger partial charge is 0.368 e. The van der Waals surface area contributed by atoms with Gasteiger partial charge in [0, 0.05) is 41.9 Å². The van der Waals surface area contributed by atoms with Gasteiger partial charge < -0.3 is 15.1 Å². The molecular weight excluding hydrogens is 318 g/mol. The zero-order valence-corrected chi connectivity index (χ0v) is 13.9. The van der Waals surface area contributed by atoms with E-state index in [9.17, 15) is 4.79 Å². The number of carbonyl (C=O) groups excluding carboxylic acids is 1. The summed E-state index contributed by atoms with van der Waals surface area (Å²) in [5.41, 5.74) is 1.02. The number of carbonyl (C=O) groups is 1. The van der Waals surface area contributed by atoms with Gasteiger partial charge in [0.1, 0.15) is 0 Å². The monoisotopic (exact) mass is 339 g/mol. The van der Waals surface area contributed by atoms with Crippen LogP contribution in [0.5, 0.6) is 0 Å². The fourth-order valence-electron chi connectivity index (χ4n) is 2.24. The molecular formula is C15H22BrN3O. The number of benzene rings is 1. The van der Waals surface area contributed by atoms with Crippen LogP contribution >= 0.6 is 15.9 Å². The Bertz CT molecular complexity index is 476. The Morgan fingerprint density at radius 3 is 2.40 bits per heavy atom. The maximum atomic E-state index is 12.1. The molecule has 1 N–H and O–H groups in total. The van der Waals surface area contributed by atoms with Crippen molar-refractivity contribution in [1.82, 2.24) is 10.2 Å². The van der Waals surface area contributed by atoms with Crippen LogP contribution in [-0.4, -0.2) is 42.6 Å². The van der Waals surface area contributed by atoms with E-state index in [4.69, 9.17) is 0 Å². The zero-order valence-electron chi connectivity index (χ0n) is 12.3. The van der Waals surface area contributed by atoms with Gasteiger partial charge in [-0.1, -0.05) is 22.0 Å². The van der Waals surface area contributed by atoms with Gasteiger partial charge in [0.05, 0.1) is 0 Å². The minimum atomic E-state index is -0.182. The number of urea groups is 1. The van der Waals surface area contributed by atoms with Gasteiger partial charge in [-0.3, -0.25) is 0 Å². The number of anilines is 1. The third-order valence-corrected chi connectivity index (χ3v) is 3.72. The van der Waals surface area contributed by atoms with Gasteiger partial charge in [0.15, 0.2) is 0 Å². The molecule has 2 rings (SSSR count). The number of amides is 2. The molecule has 1 aromatic rings. The van der Waals surface area contributed by atoms with E-state index in [0.29, 0.717) is 0 Å². The lowest BCUT2D eigenvalue weighted by molar-refractivity contribution is 0.185. The summed E-state index contributed by atoms with van der Waals surface area (Å²) in [6, 6.07) is 8.32. The third-order valence-electron chi connectivity index (χ3n) is 3.22. The number of piperazine rings is 1. The van der Waals surface area contributed by atoms with Gasteiger partial charge in [-0.15, -0.1) is 0 Å². The van der Waals surface area contributed by atoms with E-state index in [0.717, 1.165) is 30.7 Å². The molecule has 0 saturated carbocycles. The highest BCUT2D eigenvalue weighted by molar-refractivity contribution is 9.10. The van der Waals surface area contributed by atoms with E-state index in [1.165, 1.54) is 5.69 Å². The zero-order chi connectivity index (χ0) is 14.8. The van der Waals surface area contributed by atoms with Gasteiger partial charge in [-0.25, -0.2) is 4.79 Å². The second-order valence-electron chi connectivity index (χ2n) is 6.13. The lowest BCUT2D eigenvalue weighted by Crippen LogP contribution is -2.55. The van der Waals surface area contributed by atoms with Crippen molar-refractivity contribution >= 4 is 27.6 Å². The van der Waals surface area contributed by atoms with Crippen LogP contribution in [0, 0.1) is 0 Å². The highest BCUT2D eigenvalue weighted by atomic mass is 79.9. The van der Waals surface area contributed by atoms with Gasteiger partial charge in [-0.05, 0) is 39.0 Å². The highest BCUT2D eigenvalue weighted by Gasteiger charge is 2.24. The summed E-state index contributed by atoms with van der Waals surface area (Å²) in [6.07, 6.45) is 0. The maximum Gasteiger partial charge on any atom is 0.317 e. The number of halogens is 1. The Morgan fingerprint density at radius 1 is 1.20 bits per heavy atom. The van der Waals surface area contributed by atoms with Crippen molar-refractivity contribution in [2.45, 2.75) is 26.3 Å². The van der Waals surface area contributed by atoms with E-state index in [-0.39, 0.29) is 11.6 Å². The molecule has 0 atom stereocenters. The first-order valence-electron chi connectivity index (χ1n) is 6.93. The smallest absolute Gasteiger partial charge is 0.317 e. The molecule has 1 aromatic carbocycles. The molecule has 1 fully saturated rings. The molecule has 4 nitrogen and oxygen atoms in total. The van der Waals surface area contributed by atoms with Crippen LogP contribution in [0.4, 0.5) is 10.5 Å². The van der Waals surface area contributed by atoms with Crippen molar-refractivity contribution in [2.75, 3.05) is 31.1 Å². The number of rotatable bonds is 1. The van der Waals surface area contributed by atoms with Crippen LogP contribution in [0.15, 0.2) is 28.7 Å². The average Bonchev–Trinajstić information content (AvgIpc) is 2.37. The predicted octanol–water partition coefficient (Wildman–Crippen LogP) is 3.08. The molecule has 0 spiro atoms. The Labute approximate surface area is 129 Å². The minimum Gasteiger partial charge on any atom is -0.368 e. The fourth-order valence-corrected chi connectivity index (χ4v) is 2.63. The molecule has 1 aliphatic rings. The summed E-state index contributed by atoms with van der Waals surface area (Å²) in [5, 5.41) is 3.01. The number of nitrogens with one attached hydrogen (secondary N) is 1. The van der Waals surface area contributed by atoms with Crippen molar-refractivity contribution < 1.29 is 4.79 Å². The molecule has 2 amide bonds. The second-order valence-corrected chi connectivity index (χ2v) is 7.05. The predicted molar refractivity (Wildman–Crippen MR) is 86.2 cm³/mol. The van der Waals surface area contributed by atoms with Gasteiger partial charge >= 0.3 is 6.03 Å². The first-order chi connectivity index (χ1) is 9.35. The SMILES string of the molecule is CC(C)(C)NC(=O)N1CCN(c2cccc(Br)c2)CC1. The molecule has 0 radical (unpaired) electrons. The van der Waals surface area contributed by atoms with E-state index in [1.807, 2.05) is 37.8 Å². The Kier molecular flexibility index (Phi) is 4.58. The molecule has 110 valence electrons. The third kappa shape index (κ3) is 4.13. The van der Waals surface area contributed by atoms with Gasteiger partial charge in [0.2, 0.25) is 0 Å². The summed E-state index contributed by atoms with van der Waals surface area (Å²) in [6.45, 7) is 9.26. The molecule has 0 aromatic heterocycles. The van der Waals surface area contributed by atoms with Crippen molar-refractivity contribution in [1.29, 1.82) is 0 Å². The van der Waals surface area contributed by atoms with Crippen LogP contribution < -0.4 is 10.2 Å². The van der Waals surface area contributed by atoms with Crippen LogP contribution in [0.3, 0.4) is 0 Å². The van der Waals surface area contributed by atoms with Gasteiger partial charge in [-0.2, -0.15) is 0 Å².